The number of rotatable bonds is 4. The van der Waals surface area contributed by atoms with Gasteiger partial charge in [0.1, 0.15) is 0 Å². The van der Waals surface area contributed by atoms with Crippen molar-refractivity contribution in [2.45, 2.75) is 63.4 Å². The minimum absolute atomic E-state index is 0.0998. The molecule has 0 spiro atoms. The summed E-state index contributed by atoms with van der Waals surface area (Å²) in [5, 5.41) is 9.00. The van der Waals surface area contributed by atoms with Gasteiger partial charge in [0.15, 0.2) is 5.82 Å². The topological polar surface area (TPSA) is 77.0 Å². The standard InChI is InChI=1S/C21H31N5OS/c1-21(2,3)17-11-9-16(10-12-17)19-23-24-20(26(19)22)28-15-18(27)25-13-7-5-4-6-8-14-25/h9-12H,4-8,13-15,22H2,1-3H3. The highest BCUT2D eigenvalue weighted by Crippen LogP contribution is 2.26. The van der Waals surface area contributed by atoms with Crippen molar-refractivity contribution in [2.75, 3.05) is 24.7 Å². The van der Waals surface area contributed by atoms with E-state index in [1.54, 1.807) is 0 Å². The fourth-order valence-corrected chi connectivity index (χ4v) is 4.17. The van der Waals surface area contributed by atoms with Crippen molar-refractivity contribution < 1.29 is 4.79 Å². The van der Waals surface area contributed by atoms with E-state index in [2.05, 4.69) is 43.1 Å². The van der Waals surface area contributed by atoms with Crippen LogP contribution in [0.15, 0.2) is 29.4 Å². The number of thioether (sulfide) groups is 1. The Bertz CT molecular complexity index is 786. The van der Waals surface area contributed by atoms with Crippen LogP contribution in [-0.2, 0) is 10.2 Å². The number of carbonyl (C=O) groups is 1. The Hall–Kier alpha value is -2.02. The number of hydrogen-bond donors (Lipinski definition) is 1. The molecule has 1 aliphatic heterocycles. The third kappa shape index (κ3) is 5.07. The predicted molar refractivity (Wildman–Crippen MR) is 115 cm³/mol. The van der Waals surface area contributed by atoms with Gasteiger partial charge in [-0.25, -0.2) is 4.68 Å². The molecule has 3 rings (SSSR count). The molecule has 6 nitrogen and oxygen atoms in total. The third-order valence-electron chi connectivity index (χ3n) is 5.21. The zero-order chi connectivity index (χ0) is 20.1. The molecule has 1 aliphatic rings. The molecule has 7 heteroatoms. The normalized spacial score (nSPS) is 15.9. The lowest BCUT2D eigenvalue weighted by Crippen LogP contribution is -2.35. The van der Waals surface area contributed by atoms with Gasteiger partial charge in [-0.1, -0.05) is 76.1 Å². The first kappa shape index (κ1) is 20.7. The number of carbonyl (C=O) groups excluding carboxylic acids is 1. The predicted octanol–water partition coefficient (Wildman–Crippen LogP) is 3.84. The molecule has 2 heterocycles. The SMILES string of the molecule is CC(C)(C)c1ccc(-c2nnc(SCC(=O)N3CCCCCCC3)n2N)cc1. The summed E-state index contributed by atoms with van der Waals surface area (Å²) in [5.41, 5.74) is 2.28. The van der Waals surface area contributed by atoms with Crippen LogP contribution in [0.3, 0.4) is 0 Å². The first-order valence-electron chi connectivity index (χ1n) is 10.1. The van der Waals surface area contributed by atoms with Crippen LogP contribution in [0.5, 0.6) is 0 Å². The number of nitrogens with two attached hydrogens (primary N) is 1. The number of amides is 1. The van der Waals surface area contributed by atoms with Gasteiger partial charge in [0.05, 0.1) is 5.75 Å². The fourth-order valence-electron chi connectivity index (χ4n) is 3.41. The number of nitrogen functional groups attached to an aromatic ring is 1. The van der Waals surface area contributed by atoms with Gasteiger partial charge in [-0.15, -0.1) is 10.2 Å². The summed E-state index contributed by atoms with van der Waals surface area (Å²) < 4.78 is 1.48. The summed E-state index contributed by atoms with van der Waals surface area (Å²) in [4.78, 5) is 14.5. The van der Waals surface area contributed by atoms with Gasteiger partial charge in [0, 0.05) is 18.7 Å². The summed E-state index contributed by atoms with van der Waals surface area (Å²) in [5.74, 6) is 7.33. The number of aromatic nitrogens is 3. The van der Waals surface area contributed by atoms with E-state index in [-0.39, 0.29) is 11.3 Å². The summed E-state index contributed by atoms with van der Waals surface area (Å²) in [7, 11) is 0. The highest BCUT2D eigenvalue weighted by atomic mass is 32.2. The minimum Gasteiger partial charge on any atom is -0.342 e. The smallest absolute Gasteiger partial charge is 0.233 e. The molecule has 1 aromatic carbocycles. The lowest BCUT2D eigenvalue weighted by molar-refractivity contribution is -0.128. The van der Waals surface area contributed by atoms with Gasteiger partial charge in [0.2, 0.25) is 11.1 Å². The Morgan fingerprint density at radius 3 is 2.25 bits per heavy atom. The molecule has 152 valence electrons. The zero-order valence-corrected chi connectivity index (χ0v) is 18.0. The van der Waals surface area contributed by atoms with Crippen LogP contribution < -0.4 is 5.84 Å². The maximum atomic E-state index is 12.6. The molecule has 0 radical (unpaired) electrons. The molecule has 1 saturated heterocycles. The number of likely N-dealkylation sites (tertiary alicyclic amines) is 1. The van der Waals surface area contributed by atoms with Crippen molar-refractivity contribution in [1.82, 2.24) is 19.8 Å². The van der Waals surface area contributed by atoms with E-state index < -0.39 is 0 Å². The Morgan fingerprint density at radius 2 is 1.64 bits per heavy atom. The highest BCUT2D eigenvalue weighted by Gasteiger charge is 2.19. The molecule has 0 aliphatic carbocycles. The van der Waals surface area contributed by atoms with E-state index in [1.807, 2.05) is 17.0 Å². The van der Waals surface area contributed by atoms with Gasteiger partial charge in [0.25, 0.3) is 0 Å². The van der Waals surface area contributed by atoms with Crippen LogP contribution in [-0.4, -0.2) is 44.5 Å². The second-order valence-corrected chi connectivity index (χ2v) is 9.38. The summed E-state index contributed by atoms with van der Waals surface area (Å²) in [6.07, 6.45) is 5.90. The minimum atomic E-state index is 0.0998. The molecule has 1 amide bonds. The van der Waals surface area contributed by atoms with E-state index in [9.17, 15) is 4.79 Å². The Kier molecular flexibility index (Phi) is 6.65. The van der Waals surface area contributed by atoms with Crippen molar-refractivity contribution in [1.29, 1.82) is 0 Å². The molecular formula is C21H31N5OS. The second-order valence-electron chi connectivity index (χ2n) is 8.44. The molecule has 0 atom stereocenters. The molecule has 28 heavy (non-hydrogen) atoms. The van der Waals surface area contributed by atoms with E-state index >= 15 is 0 Å². The molecule has 0 bridgehead atoms. The van der Waals surface area contributed by atoms with Crippen molar-refractivity contribution in [3.63, 3.8) is 0 Å². The van der Waals surface area contributed by atoms with Crippen LogP contribution in [0.1, 0.15) is 58.4 Å². The van der Waals surface area contributed by atoms with Crippen LogP contribution in [0.25, 0.3) is 11.4 Å². The molecule has 2 N–H and O–H groups in total. The molecule has 1 fully saturated rings. The number of benzene rings is 1. The van der Waals surface area contributed by atoms with Gasteiger partial charge in [-0.2, -0.15) is 0 Å². The van der Waals surface area contributed by atoms with E-state index in [1.165, 1.54) is 41.3 Å². The summed E-state index contributed by atoms with van der Waals surface area (Å²) in [6, 6.07) is 8.24. The monoisotopic (exact) mass is 401 g/mol. The van der Waals surface area contributed by atoms with Gasteiger partial charge >= 0.3 is 0 Å². The lowest BCUT2D eigenvalue weighted by Gasteiger charge is -2.24. The number of hydrogen-bond acceptors (Lipinski definition) is 5. The quantitative estimate of drug-likeness (QED) is 0.622. The van der Waals surface area contributed by atoms with E-state index in [0.29, 0.717) is 16.7 Å². The molecule has 0 saturated carbocycles. The average molecular weight is 402 g/mol. The first-order chi connectivity index (χ1) is 13.4. The van der Waals surface area contributed by atoms with Crippen LogP contribution in [0.4, 0.5) is 0 Å². The highest BCUT2D eigenvalue weighted by molar-refractivity contribution is 7.99. The van der Waals surface area contributed by atoms with Crippen LogP contribution in [0.2, 0.25) is 0 Å². The molecule has 0 unspecified atom stereocenters. The van der Waals surface area contributed by atoms with Crippen molar-refractivity contribution in [3.8, 4) is 11.4 Å². The van der Waals surface area contributed by atoms with Crippen LogP contribution >= 0.6 is 11.8 Å². The fraction of sp³-hybridized carbons (Fsp3) is 0.571. The van der Waals surface area contributed by atoms with Crippen molar-refractivity contribution in [3.05, 3.63) is 29.8 Å². The van der Waals surface area contributed by atoms with Gasteiger partial charge < -0.3 is 10.7 Å². The molecular weight excluding hydrogens is 370 g/mol. The Balaban J connectivity index is 1.63. The molecule has 1 aromatic heterocycles. The average Bonchev–Trinajstić information content (AvgIpc) is 2.99. The maximum absolute atomic E-state index is 12.6. The second kappa shape index (κ2) is 8.99. The Labute approximate surface area is 171 Å². The van der Waals surface area contributed by atoms with Gasteiger partial charge in [-0.05, 0) is 23.8 Å². The number of nitrogens with zero attached hydrogens (tertiary/aromatic N) is 4. The Morgan fingerprint density at radius 1 is 1.04 bits per heavy atom. The van der Waals surface area contributed by atoms with Crippen molar-refractivity contribution >= 4 is 17.7 Å². The lowest BCUT2D eigenvalue weighted by atomic mass is 9.87. The van der Waals surface area contributed by atoms with E-state index in [4.69, 9.17) is 5.84 Å². The summed E-state index contributed by atoms with van der Waals surface area (Å²) >= 11 is 1.36. The van der Waals surface area contributed by atoms with E-state index in [0.717, 1.165) is 31.5 Å². The third-order valence-corrected chi connectivity index (χ3v) is 6.14. The first-order valence-corrected chi connectivity index (χ1v) is 11.1. The van der Waals surface area contributed by atoms with Crippen molar-refractivity contribution in [2.24, 2.45) is 0 Å². The zero-order valence-electron chi connectivity index (χ0n) is 17.1. The maximum Gasteiger partial charge on any atom is 0.233 e. The molecule has 2 aromatic rings. The largest absolute Gasteiger partial charge is 0.342 e. The van der Waals surface area contributed by atoms with Crippen LogP contribution in [0, 0.1) is 0 Å². The van der Waals surface area contributed by atoms with Gasteiger partial charge in [-0.3, -0.25) is 4.79 Å². The summed E-state index contributed by atoms with van der Waals surface area (Å²) in [6.45, 7) is 8.28.